The molecular weight excluding hydrogens is 284 g/mol. The number of amides is 1. The summed E-state index contributed by atoms with van der Waals surface area (Å²) in [6, 6.07) is 5.01. The summed E-state index contributed by atoms with van der Waals surface area (Å²) >= 11 is 0. The second-order valence-electron chi connectivity index (χ2n) is 4.60. The maximum absolute atomic E-state index is 12.1. The molecule has 1 unspecified atom stereocenters. The Kier molecular flexibility index (Phi) is 7.39. The third kappa shape index (κ3) is 5.04. The minimum Gasteiger partial charge on any atom is -0.462 e. The molecule has 6 nitrogen and oxygen atoms in total. The van der Waals surface area contributed by atoms with Crippen LogP contribution in [0.15, 0.2) is 18.2 Å². The third-order valence-electron chi connectivity index (χ3n) is 2.94. The molecule has 1 aromatic rings. The van der Waals surface area contributed by atoms with Crippen LogP contribution in [-0.2, 0) is 14.3 Å². The Hall–Kier alpha value is -2.08. The fourth-order valence-electron chi connectivity index (χ4n) is 1.89. The Morgan fingerprint density at radius 1 is 1.14 bits per heavy atom. The van der Waals surface area contributed by atoms with Gasteiger partial charge in [0.2, 0.25) is 0 Å². The number of hydrogen-bond donors (Lipinski definition) is 2. The number of hydrogen-bond acceptors (Lipinski definition) is 5. The van der Waals surface area contributed by atoms with E-state index in [9.17, 15) is 9.59 Å². The first-order valence-electron chi connectivity index (χ1n) is 7.50. The molecular formula is C16H24N2O4. The highest BCUT2D eigenvalue weighted by molar-refractivity contribution is 5.99. The number of carbonyl (C=O) groups is 2. The fraction of sp³-hybridized carbons (Fsp3) is 0.500. The van der Waals surface area contributed by atoms with E-state index >= 15 is 0 Å². The van der Waals surface area contributed by atoms with E-state index < -0.39 is 12.1 Å². The van der Waals surface area contributed by atoms with Gasteiger partial charge in [0.1, 0.15) is 6.10 Å². The SMILES string of the molecule is CCNc1ccc(C(=O)OCC)cc1NC(=O)C(C)OCC. The number of rotatable bonds is 8. The first kappa shape index (κ1) is 18.0. The van der Waals surface area contributed by atoms with E-state index in [1.165, 1.54) is 0 Å². The number of ether oxygens (including phenoxy) is 2. The van der Waals surface area contributed by atoms with Crippen molar-refractivity contribution < 1.29 is 19.1 Å². The molecule has 1 rings (SSSR count). The van der Waals surface area contributed by atoms with Gasteiger partial charge in [-0.3, -0.25) is 4.79 Å². The molecule has 0 fully saturated rings. The fourth-order valence-corrected chi connectivity index (χ4v) is 1.89. The predicted octanol–water partition coefficient (Wildman–Crippen LogP) is 2.66. The maximum atomic E-state index is 12.1. The molecule has 0 spiro atoms. The van der Waals surface area contributed by atoms with Crippen molar-refractivity contribution in [2.45, 2.75) is 33.8 Å². The molecule has 1 aromatic carbocycles. The largest absolute Gasteiger partial charge is 0.462 e. The number of carbonyl (C=O) groups excluding carboxylic acids is 2. The van der Waals surface area contributed by atoms with Gasteiger partial charge in [0.15, 0.2) is 0 Å². The van der Waals surface area contributed by atoms with Crippen molar-refractivity contribution in [1.29, 1.82) is 0 Å². The van der Waals surface area contributed by atoms with E-state index in [-0.39, 0.29) is 5.91 Å². The van der Waals surface area contributed by atoms with Crippen molar-refractivity contribution in [1.82, 2.24) is 0 Å². The van der Waals surface area contributed by atoms with Crippen LogP contribution in [0.25, 0.3) is 0 Å². The minimum atomic E-state index is -0.564. The van der Waals surface area contributed by atoms with E-state index in [0.29, 0.717) is 31.0 Å². The summed E-state index contributed by atoms with van der Waals surface area (Å²) < 4.78 is 10.2. The van der Waals surface area contributed by atoms with Crippen LogP contribution >= 0.6 is 0 Å². The first-order valence-corrected chi connectivity index (χ1v) is 7.50. The van der Waals surface area contributed by atoms with Gasteiger partial charge in [-0.25, -0.2) is 4.79 Å². The number of nitrogens with one attached hydrogen (secondary N) is 2. The zero-order valence-corrected chi connectivity index (χ0v) is 13.6. The molecule has 122 valence electrons. The molecule has 0 aliphatic carbocycles. The number of benzene rings is 1. The Balaban J connectivity index is 2.99. The van der Waals surface area contributed by atoms with Gasteiger partial charge in [-0.15, -0.1) is 0 Å². The lowest BCUT2D eigenvalue weighted by Gasteiger charge is -2.16. The Morgan fingerprint density at radius 2 is 1.86 bits per heavy atom. The molecule has 0 saturated heterocycles. The summed E-state index contributed by atoms with van der Waals surface area (Å²) in [6.07, 6.45) is -0.564. The minimum absolute atomic E-state index is 0.262. The molecule has 2 N–H and O–H groups in total. The second kappa shape index (κ2) is 9.04. The quantitative estimate of drug-likeness (QED) is 0.722. The maximum Gasteiger partial charge on any atom is 0.338 e. The predicted molar refractivity (Wildman–Crippen MR) is 86.3 cm³/mol. The molecule has 0 aromatic heterocycles. The third-order valence-corrected chi connectivity index (χ3v) is 2.94. The van der Waals surface area contributed by atoms with Crippen LogP contribution in [-0.4, -0.2) is 37.7 Å². The number of anilines is 2. The van der Waals surface area contributed by atoms with Gasteiger partial charge in [-0.05, 0) is 45.9 Å². The Morgan fingerprint density at radius 3 is 2.45 bits per heavy atom. The van der Waals surface area contributed by atoms with Gasteiger partial charge in [-0.2, -0.15) is 0 Å². The summed E-state index contributed by atoms with van der Waals surface area (Å²) in [5.74, 6) is -0.680. The van der Waals surface area contributed by atoms with Gasteiger partial charge in [0.05, 0.1) is 23.5 Å². The van der Waals surface area contributed by atoms with Crippen LogP contribution in [0.1, 0.15) is 38.1 Å². The van der Waals surface area contributed by atoms with E-state index in [2.05, 4.69) is 10.6 Å². The van der Waals surface area contributed by atoms with Gasteiger partial charge in [0, 0.05) is 13.2 Å². The number of esters is 1. The molecule has 0 saturated carbocycles. The Labute approximate surface area is 131 Å². The normalized spacial score (nSPS) is 11.6. The zero-order chi connectivity index (χ0) is 16.5. The topological polar surface area (TPSA) is 76.7 Å². The van der Waals surface area contributed by atoms with Crippen LogP contribution in [0.4, 0.5) is 11.4 Å². The lowest BCUT2D eigenvalue weighted by atomic mass is 10.1. The van der Waals surface area contributed by atoms with Gasteiger partial charge in [-0.1, -0.05) is 0 Å². The van der Waals surface area contributed by atoms with Crippen LogP contribution in [0.5, 0.6) is 0 Å². The molecule has 0 radical (unpaired) electrons. The molecule has 0 aliphatic rings. The zero-order valence-electron chi connectivity index (χ0n) is 13.6. The van der Waals surface area contributed by atoms with E-state index in [1.54, 1.807) is 32.0 Å². The van der Waals surface area contributed by atoms with Crippen LogP contribution < -0.4 is 10.6 Å². The standard InChI is InChI=1S/C16H24N2O4/c1-5-17-13-9-8-12(16(20)22-7-3)10-14(13)18-15(19)11(4)21-6-2/h8-11,17H,5-7H2,1-4H3,(H,18,19). The summed E-state index contributed by atoms with van der Waals surface area (Å²) in [6.45, 7) is 8.66. The Bertz CT molecular complexity index is 517. The monoisotopic (exact) mass is 308 g/mol. The molecule has 0 aliphatic heterocycles. The van der Waals surface area contributed by atoms with Crippen molar-refractivity contribution in [2.75, 3.05) is 30.4 Å². The highest BCUT2D eigenvalue weighted by Crippen LogP contribution is 2.24. The summed E-state index contributed by atoms with van der Waals surface area (Å²) in [5.41, 5.74) is 1.67. The van der Waals surface area contributed by atoms with E-state index in [1.807, 2.05) is 13.8 Å². The average molecular weight is 308 g/mol. The van der Waals surface area contributed by atoms with Crippen molar-refractivity contribution in [3.8, 4) is 0 Å². The van der Waals surface area contributed by atoms with Crippen molar-refractivity contribution in [3.63, 3.8) is 0 Å². The van der Waals surface area contributed by atoms with Crippen molar-refractivity contribution in [2.24, 2.45) is 0 Å². The lowest BCUT2D eigenvalue weighted by molar-refractivity contribution is -0.126. The van der Waals surface area contributed by atoms with Crippen molar-refractivity contribution in [3.05, 3.63) is 23.8 Å². The van der Waals surface area contributed by atoms with Gasteiger partial charge in [0.25, 0.3) is 5.91 Å². The van der Waals surface area contributed by atoms with Gasteiger partial charge < -0.3 is 20.1 Å². The van der Waals surface area contributed by atoms with Gasteiger partial charge >= 0.3 is 5.97 Å². The van der Waals surface area contributed by atoms with E-state index in [4.69, 9.17) is 9.47 Å². The molecule has 1 amide bonds. The highest BCUT2D eigenvalue weighted by Gasteiger charge is 2.16. The molecule has 6 heteroatoms. The van der Waals surface area contributed by atoms with Crippen molar-refractivity contribution >= 4 is 23.3 Å². The molecule has 1 atom stereocenters. The summed E-state index contributed by atoms with van der Waals surface area (Å²) in [5, 5.41) is 5.93. The van der Waals surface area contributed by atoms with Crippen LogP contribution in [0.3, 0.4) is 0 Å². The van der Waals surface area contributed by atoms with Crippen LogP contribution in [0.2, 0.25) is 0 Å². The lowest BCUT2D eigenvalue weighted by Crippen LogP contribution is -2.28. The second-order valence-corrected chi connectivity index (χ2v) is 4.60. The first-order chi connectivity index (χ1) is 10.5. The smallest absolute Gasteiger partial charge is 0.338 e. The highest BCUT2D eigenvalue weighted by atomic mass is 16.5. The summed E-state index contributed by atoms with van der Waals surface area (Å²) in [7, 11) is 0. The molecule has 0 heterocycles. The molecule has 22 heavy (non-hydrogen) atoms. The molecule has 0 bridgehead atoms. The average Bonchev–Trinajstić information content (AvgIpc) is 2.49. The van der Waals surface area contributed by atoms with E-state index in [0.717, 1.165) is 5.69 Å². The summed E-state index contributed by atoms with van der Waals surface area (Å²) in [4.78, 5) is 23.9. The van der Waals surface area contributed by atoms with Crippen LogP contribution in [0, 0.1) is 0 Å².